The first kappa shape index (κ1) is 18.0. The van der Waals surface area contributed by atoms with Crippen LogP contribution in [-0.4, -0.2) is 54.5 Å². The molecule has 18 heavy (non-hydrogen) atoms. The molecule has 6 heteroatoms. The molecule has 1 aliphatic carbocycles. The fraction of sp³-hybridized carbons (Fsp3) is 0.917. The largest absolute Gasteiger partial charge is 0.337 e. The maximum atomic E-state index is 12.3. The maximum absolute atomic E-state index is 12.3. The molecule has 2 aliphatic rings. The Balaban J connectivity index is 0.00000144. The van der Waals surface area contributed by atoms with E-state index in [1.54, 1.807) is 0 Å². The van der Waals surface area contributed by atoms with Crippen LogP contribution in [0.25, 0.3) is 0 Å². The highest BCUT2D eigenvalue weighted by atomic mass is 35.5. The van der Waals surface area contributed by atoms with Crippen molar-refractivity contribution in [2.24, 2.45) is 11.7 Å². The molecule has 3 atom stereocenters. The van der Waals surface area contributed by atoms with Crippen molar-refractivity contribution in [3.05, 3.63) is 0 Å². The molecule has 2 N–H and O–H groups in total. The molecule has 0 aromatic rings. The fourth-order valence-electron chi connectivity index (χ4n) is 2.94. The van der Waals surface area contributed by atoms with Crippen LogP contribution < -0.4 is 5.73 Å². The Bertz CT molecular complexity index is 278. The summed E-state index contributed by atoms with van der Waals surface area (Å²) in [6, 6.07) is 0.597. The minimum Gasteiger partial charge on any atom is -0.337 e. The standard InChI is InChI=1S/C12H23N3O.2ClH/c1-9-8-14(2)5-6-15(9)12(16)10-3-4-11(13)7-10;;/h9-11H,3-8,13H2,1-2H3;2*1H. The Hall–Kier alpha value is -0.0300. The first-order valence-electron chi connectivity index (χ1n) is 6.32. The first-order valence-corrected chi connectivity index (χ1v) is 6.32. The van der Waals surface area contributed by atoms with Crippen LogP contribution in [0, 0.1) is 5.92 Å². The summed E-state index contributed by atoms with van der Waals surface area (Å²) in [5, 5.41) is 0. The zero-order valence-electron chi connectivity index (χ0n) is 11.2. The van der Waals surface area contributed by atoms with Crippen molar-refractivity contribution in [1.82, 2.24) is 9.80 Å². The lowest BCUT2D eigenvalue weighted by Gasteiger charge is -2.39. The van der Waals surface area contributed by atoms with Gasteiger partial charge in [0.1, 0.15) is 0 Å². The number of carbonyl (C=O) groups excluding carboxylic acids is 1. The number of rotatable bonds is 1. The van der Waals surface area contributed by atoms with Crippen molar-refractivity contribution in [3.8, 4) is 0 Å². The van der Waals surface area contributed by atoms with Crippen LogP contribution in [0.2, 0.25) is 0 Å². The Morgan fingerprint density at radius 3 is 2.39 bits per heavy atom. The van der Waals surface area contributed by atoms with E-state index in [-0.39, 0.29) is 36.8 Å². The van der Waals surface area contributed by atoms with Crippen molar-refractivity contribution in [2.45, 2.75) is 38.3 Å². The maximum Gasteiger partial charge on any atom is 0.226 e. The third-order valence-corrected chi connectivity index (χ3v) is 3.94. The highest BCUT2D eigenvalue weighted by Crippen LogP contribution is 2.27. The molecule has 0 aromatic heterocycles. The number of likely N-dealkylation sites (N-methyl/N-ethyl adjacent to an activating group) is 1. The van der Waals surface area contributed by atoms with Crippen molar-refractivity contribution in [1.29, 1.82) is 0 Å². The summed E-state index contributed by atoms with van der Waals surface area (Å²) in [7, 11) is 2.11. The zero-order valence-corrected chi connectivity index (χ0v) is 12.8. The monoisotopic (exact) mass is 297 g/mol. The van der Waals surface area contributed by atoms with Crippen molar-refractivity contribution in [3.63, 3.8) is 0 Å². The number of piperazine rings is 1. The lowest BCUT2D eigenvalue weighted by atomic mass is 10.0. The molecule has 0 bridgehead atoms. The second-order valence-corrected chi connectivity index (χ2v) is 5.41. The van der Waals surface area contributed by atoms with Gasteiger partial charge in [-0.15, -0.1) is 24.8 Å². The summed E-state index contributed by atoms with van der Waals surface area (Å²) in [4.78, 5) is 16.7. The van der Waals surface area contributed by atoms with Gasteiger partial charge in [0, 0.05) is 37.6 Å². The van der Waals surface area contributed by atoms with Crippen molar-refractivity contribution in [2.75, 3.05) is 26.7 Å². The minimum absolute atomic E-state index is 0. The van der Waals surface area contributed by atoms with Gasteiger partial charge in [0.15, 0.2) is 0 Å². The number of halogens is 2. The van der Waals surface area contributed by atoms with Gasteiger partial charge in [0.05, 0.1) is 0 Å². The summed E-state index contributed by atoms with van der Waals surface area (Å²) in [6.45, 7) is 5.00. The summed E-state index contributed by atoms with van der Waals surface area (Å²) in [5.41, 5.74) is 5.87. The third kappa shape index (κ3) is 3.98. The predicted molar refractivity (Wildman–Crippen MR) is 78.5 cm³/mol. The van der Waals surface area contributed by atoms with Crippen LogP contribution in [0.4, 0.5) is 0 Å². The molecule has 1 amide bonds. The SMILES string of the molecule is CC1CN(C)CCN1C(=O)C1CCC(N)C1.Cl.Cl. The van der Waals surface area contributed by atoms with E-state index in [1.165, 1.54) is 0 Å². The van der Waals surface area contributed by atoms with Gasteiger partial charge >= 0.3 is 0 Å². The van der Waals surface area contributed by atoms with Crippen LogP contribution in [0.15, 0.2) is 0 Å². The number of nitrogens with two attached hydrogens (primary N) is 1. The molecule has 1 heterocycles. The van der Waals surface area contributed by atoms with E-state index >= 15 is 0 Å². The minimum atomic E-state index is 0. The van der Waals surface area contributed by atoms with Gasteiger partial charge in [-0.3, -0.25) is 4.79 Å². The Morgan fingerprint density at radius 2 is 1.89 bits per heavy atom. The Kier molecular flexibility index (Phi) is 7.52. The second-order valence-electron chi connectivity index (χ2n) is 5.41. The average molecular weight is 298 g/mol. The van der Waals surface area contributed by atoms with E-state index in [0.29, 0.717) is 11.9 Å². The molecule has 108 valence electrons. The van der Waals surface area contributed by atoms with Crippen LogP contribution in [0.1, 0.15) is 26.2 Å². The molecule has 3 unspecified atom stereocenters. The van der Waals surface area contributed by atoms with Gasteiger partial charge in [0.2, 0.25) is 5.91 Å². The summed E-state index contributed by atoms with van der Waals surface area (Å²) >= 11 is 0. The quantitative estimate of drug-likeness (QED) is 0.789. The number of hydrogen-bond acceptors (Lipinski definition) is 3. The molecular weight excluding hydrogens is 273 g/mol. The van der Waals surface area contributed by atoms with E-state index in [2.05, 4.69) is 23.8 Å². The van der Waals surface area contributed by atoms with E-state index < -0.39 is 0 Å². The van der Waals surface area contributed by atoms with Crippen LogP contribution >= 0.6 is 24.8 Å². The average Bonchev–Trinajstić information content (AvgIpc) is 2.64. The highest BCUT2D eigenvalue weighted by Gasteiger charge is 2.34. The fourth-order valence-corrected chi connectivity index (χ4v) is 2.94. The summed E-state index contributed by atoms with van der Waals surface area (Å²) in [5.74, 6) is 0.536. The smallest absolute Gasteiger partial charge is 0.226 e. The topological polar surface area (TPSA) is 49.6 Å². The molecule has 0 spiro atoms. The molecule has 4 nitrogen and oxygen atoms in total. The number of hydrogen-bond donors (Lipinski definition) is 1. The molecule has 1 aliphatic heterocycles. The van der Waals surface area contributed by atoms with Gasteiger partial charge in [-0.1, -0.05) is 0 Å². The van der Waals surface area contributed by atoms with Crippen molar-refractivity contribution >= 4 is 30.7 Å². The predicted octanol–water partition coefficient (Wildman–Crippen LogP) is 1.12. The van der Waals surface area contributed by atoms with Crippen LogP contribution in [0.5, 0.6) is 0 Å². The number of amides is 1. The van der Waals surface area contributed by atoms with E-state index in [4.69, 9.17) is 5.73 Å². The lowest BCUT2D eigenvalue weighted by molar-refractivity contribution is -0.139. The van der Waals surface area contributed by atoms with Gasteiger partial charge in [-0.2, -0.15) is 0 Å². The first-order chi connectivity index (χ1) is 7.58. The van der Waals surface area contributed by atoms with Gasteiger partial charge in [0.25, 0.3) is 0 Å². The molecule has 2 rings (SSSR count). The lowest BCUT2D eigenvalue weighted by Crippen LogP contribution is -2.54. The molecule has 2 fully saturated rings. The van der Waals surface area contributed by atoms with E-state index in [1.807, 2.05) is 0 Å². The zero-order chi connectivity index (χ0) is 11.7. The molecule has 0 aromatic carbocycles. The van der Waals surface area contributed by atoms with E-state index in [0.717, 1.165) is 38.9 Å². The van der Waals surface area contributed by atoms with Gasteiger partial charge in [-0.05, 0) is 33.2 Å². The molecule has 1 saturated carbocycles. The van der Waals surface area contributed by atoms with Crippen LogP contribution in [-0.2, 0) is 4.79 Å². The Morgan fingerprint density at radius 1 is 1.22 bits per heavy atom. The van der Waals surface area contributed by atoms with Crippen molar-refractivity contribution < 1.29 is 4.79 Å². The third-order valence-electron chi connectivity index (χ3n) is 3.94. The summed E-state index contributed by atoms with van der Waals surface area (Å²) < 4.78 is 0. The summed E-state index contributed by atoms with van der Waals surface area (Å²) in [6.07, 6.45) is 2.88. The van der Waals surface area contributed by atoms with Gasteiger partial charge in [-0.25, -0.2) is 0 Å². The number of nitrogens with zero attached hydrogens (tertiary/aromatic N) is 2. The van der Waals surface area contributed by atoms with Crippen LogP contribution in [0.3, 0.4) is 0 Å². The number of carbonyl (C=O) groups is 1. The molecular formula is C12H25Cl2N3O. The normalized spacial score (nSPS) is 32.6. The van der Waals surface area contributed by atoms with E-state index in [9.17, 15) is 4.79 Å². The highest BCUT2D eigenvalue weighted by molar-refractivity contribution is 5.85. The molecule has 0 radical (unpaired) electrons. The Labute approximate surface area is 122 Å². The second kappa shape index (κ2) is 7.53. The molecule has 1 saturated heterocycles. The van der Waals surface area contributed by atoms with Gasteiger partial charge < -0.3 is 15.5 Å².